The highest BCUT2D eigenvalue weighted by molar-refractivity contribution is 5.94. The SMILES string of the molecule is CC(C)N(CCC(=O)NCc1ccccn1)C(=O)c1ccoc1. The largest absolute Gasteiger partial charge is 0.472 e. The van der Waals surface area contributed by atoms with Gasteiger partial charge in [-0.15, -0.1) is 0 Å². The van der Waals surface area contributed by atoms with E-state index in [1.54, 1.807) is 17.2 Å². The molecular weight excluding hydrogens is 294 g/mol. The summed E-state index contributed by atoms with van der Waals surface area (Å²) in [6.45, 7) is 4.58. The Morgan fingerprint density at radius 3 is 2.74 bits per heavy atom. The van der Waals surface area contributed by atoms with E-state index in [2.05, 4.69) is 10.3 Å². The Labute approximate surface area is 135 Å². The van der Waals surface area contributed by atoms with E-state index in [-0.39, 0.29) is 24.3 Å². The maximum absolute atomic E-state index is 12.4. The summed E-state index contributed by atoms with van der Waals surface area (Å²) in [6.07, 6.45) is 4.81. The zero-order valence-electron chi connectivity index (χ0n) is 13.4. The number of carbonyl (C=O) groups excluding carboxylic acids is 2. The van der Waals surface area contributed by atoms with Gasteiger partial charge in [0.05, 0.1) is 24.1 Å². The molecule has 0 radical (unpaired) electrons. The van der Waals surface area contributed by atoms with Crippen molar-refractivity contribution in [3.63, 3.8) is 0 Å². The van der Waals surface area contributed by atoms with Crippen LogP contribution in [0.2, 0.25) is 0 Å². The number of carbonyl (C=O) groups is 2. The summed E-state index contributed by atoms with van der Waals surface area (Å²) in [4.78, 5) is 30.1. The van der Waals surface area contributed by atoms with Gasteiger partial charge < -0.3 is 14.6 Å². The van der Waals surface area contributed by atoms with Gasteiger partial charge in [0.25, 0.3) is 5.91 Å². The second kappa shape index (κ2) is 8.12. The van der Waals surface area contributed by atoms with E-state index in [9.17, 15) is 9.59 Å². The topological polar surface area (TPSA) is 75.4 Å². The number of furan rings is 1. The molecule has 6 heteroatoms. The molecule has 0 bridgehead atoms. The number of amides is 2. The minimum Gasteiger partial charge on any atom is -0.472 e. The van der Waals surface area contributed by atoms with E-state index in [0.29, 0.717) is 18.7 Å². The Bertz CT molecular complexity index is 624. The molecule has 122 valence electrons. The Morgan fingerprint density at radius 2 is 2.13 bits per heavy atom. The maximum Gasteiger partial charge on any atom is 0.257 e. The molecule has 0 saturated heterocycles. The number of rotatable bonds is 7. The number of hydrogen-bond donors (Lipinski definition) is 1. The van der Waals surface area contributed by atoms with Gasteiger partial charge in [-0.25, -0.2) is 0 Å². The van der Waals surface area contributed by atoms with E-state index in [4.69, 9.17) is 4.42 Å². The van der Waals surface area contributed by atoms with Crippen molar-refractivity contribution >= 4 is 11.8 Å². The first-order valence-corrected chi connectivity index (χ1v) is 7.57. The third kappa shape index (κ3) is 4.95. The monoisotopic (exact) mass is 315 g/mol. The van der Waals surface area contributed by atoms with Crippen molar-refractivity contribution < 1.29 is 14.0 Å². The van der Waals surface area contributed by atoms with Gasteiger partial charge in [-0.2, -0.15) is 0 Å². The van der Waals surface area contributed by atoms with Gasteiger partial charge in [-0.1, -0.05) is 6.07 Å². The van der Waals surface area contributed by atoms with Crippen LogP contribution in [0.5, 0.6) is 0 Å². The molecule has 0 fully saturated rings. The minimum atomic E-state index is -0.133. The van der Waals surface area contributed by atoms with Crippen LogP contribution in [0.25, 0.3) is 0 Å². The normalized spacial score (nSPS) is 10.6. The highest BCUT2D eigenvalue weighted by Gasteiger charge is 2.20. The summed E-state index contributed by atoms with van der Waals surface area (Å²) >= 11 is 0. The first kappa shape index (κ1) is 16.7. The summed E-state index contributed by atoms with van der Waals surface area (Å²) in [6, 6.07) is 7.18. The molecule has 2 aromatic heterocycles. The second-order valence-corrected chi connectivity index (χ2v) is 5.45. The Hall–Kier alpha value is -2.63. The van der Waals surface area contributed by atoms with Crippen molar-refractivity contribution in [3.8, 4) is 0 Å². The molecule has 0 aliphatic heterocycles. The van der Waals surface area contributed by atoms with E-state index < -0.39 is 0 Å². The molecule has 1 N–H and O–H groups in total. The van der Waals surface area contributed by atoms with Crippen LogP contribution in [-0.2, 0) is 11.3 Å². The predicted molar refractivity (Wildman–Crippen MR) is 85.6 cm³/mol. The van der Waals surface area contributed by atoms with Crippen LogP contribution >= 0.6 is 0 Å². The molecule has 0 unspecified atom stereocenters. The van der Waals surface area contributed by atoms with E-state index in [1.807, 2.05) is 32.0 Å². The van der Waals surface area contributed by atoms with Gasteiger partial charge in [0.2, 0.25) is 5.91 Å². The molecule has 2 amide bonds. The molecule has 23 heavy (non-hydrogen) atoms. The van der Waals surface area contributed by atoms with E-state index >= 15 is 0 Å². The molecule has 0 aliphatic carbocycles. The van der Waals surface area contributed by atoms with Crippen molar-refractivity contribution in [2.75, 3.05) is 6.54 Å². The molecule has 0 spiro atoms. The number of hydrogen-bond acceptors (Lipinski definition) is 4. The van der Waals surface area contributed by atoms with Crippen LogP contribution in [0.15, 0.2) is 47.4 Å². The fraction of sp³-hybridized carbons (Fsp3) is 0.353. The number of nitrogens with zero attached hydrogens (tertiary/aromatic N) is 2. The molecule has 6 nitrogen and oxygen atoms in total. The predicted octanol–water partition coefficient (Wildman–Crippen LogP) is 2.23. The maximum atomic E-state index is 12.4. The second-order valence-electron chi connectivity index (χ2n) is 5.45. The number of nitrogens with one attached hydrogen (secondary N) is 1. The van der Waals surface area contributed by atoms with Crippen LogP contribution in [-0.4, -0.2) is 34.3 Å². The van der Waals surface area contributed by atoms with E-state index in [1.165, 1.54) is 12.5 Å². The lowest BCUT2D eigenvalue weighted by molar-refractivity contribution is -0.121. The van der Waals surface area contributed by atoms with Crippen LogP contribution in [0.1, 0.15) is 36.3 Å². The molecular formula is C17H21N3O3. The average molecular weight is 315 g/mol. The third-order valence-corrected chi connectivity index (χ3v) is 3.42. The highest BCUT2D eigenvalue weighted by atomic mass is 16.3. The number of pyridine rings is 1. The van der Waals surface area contributed by atoms with Gasteiger partial charge in [-0.05, 0) is 32.0 Å². The zero-order chi connectivity index (χ0) is 16.7. The van der Waals surface area contributed by atoms with Gasteiger partial charge in [0, 0.05) is 25.2 Å². The number of aromatic nitrogens is 1. The quantitative estimate of drug-likeness (QED) is 0.850. The van der Waals surface area contributed by atoms with Crippen molar-refractivity contribution in [2.24, 2.45) is 0 Å². The standard InChI is InChI=1S/C17H21N3O3/c1-13(2)20(17(22)14-7-10-23-12-14)9-6-16(21)19-11-15-5-3-4-8-18-15/h3-5,7-8,10,12-13H,6,9,11H2,1-2H3,(H,19,21). The molecule has 0 aromatic carbocycles. The lowest BCUT2D eigenvalue weighted by atomic mass is 10.2. The molecule has 0 atom stereocenters. The third-order valence-electron chi connectivity index (χ3n) is 3.42. The van der Waals surface area contributed by atoms with Crippen LogP contribution < -0.4 is 5.32 Å². The Morgan fingerprint density at radius 1 is 1.30 bits per heavy atom. The highest BCUT2D eigenvalue weighted by Crippen LogP contribution is 2.10. The molecule has 0 aliphatic rings. The summed E-state index contributed by atoms with van der Waals surface area (Å²) in [5, 5.41) is 2.81. The van der Waals surface area contributed by atoms with Crippen molar-refractivity contribution in [1.29, 1.82) is 0 Å². The van der Waals surface area contributed by atoms with Crippen molar-refractivity contribution in [2.45, 2.75) is 32.9 Å². The summed E-state index contributed by atoms with van der Waals surface area (Å²) in [5.74, 6) is -0.243. The fourth-order valence-corrected chi connectivity index (χ4v) is 2.15. The average Bonchev–Trinajstić information content (AvgIpc) is 3.08. The van der Waals surface area contributed by atoms with Gasteiger partial charge >= 0.3 is 0 Å². The molecule has 2 aromatic rings. The van der Waals surface area contributed by atoms with Gasteiger partial charge in [0.1, 0.15) is 6.26 Å². The minimum absolute atomic E-state index is 0.000917. The Balaban J connectivity index is 1.84. The summed E-state index contributed by atoms with van der Waals surface area (Å²) < 4.78 is 4.94. The Kier molecular flexibility index (Phi) is 5.91. The molecule has 2 heterocycles. The fourth-order valence-electron chi connectivity index (χ4n) is 2.15. The lowest BCUT2D eigenvalue weighted by Crippen LogP contribution is -2.39. The van der Waals surface area contributed by atoms with Crippen LogP contribution in [0.3, 0.4) is 0 Å². The molecule has 0 saturated carbocycles. The van der Waals surface area contributed by atoms with Crippen LogP contribution in [0, 0.1) is 0 Å². The van der Waals surface area contributed by atoms with Crippen LogP contribution in [0.4, 0.5) is 0 Å². The van der Waals surface area contributed by atoms with Gasteiger partial charge in [-0.3, -0.25) is 14.6 Å². The van der Waals surface area contributed by atoms with Crippen molar-refractivity contribution in [1.82, 2.24) is 15.2 Å². The van der Waals surface area contributed by atoms with Crippen molar-refractivity contribution in [3.05, 3.63) is 54.2 Å². The zero-order valence-corrected chi connectivity index (χ0v) is 13.4. The van der Waals surface area contributed by atoms with Gasteiger partial charge in [0.15, 0.2) is 0 Å². The lowest BCUT2D eigenvalue weighted by Gasteiger charge is -2.26. The summed E-state index contributed by atoms with van der Waals surface area (Å²) in [7, 11) is 0. The molecule has 2 rings (SSSR count). The smallest absolute Gasteiger partial charge is 0.257 e. The first-order valence-electron chi connectivity index (χ1n) is 7.57. The first-order chi connectivity index (χ1) is 11.1. The summed E-state index contributed by atoms with van der Waals surface area (Å²) in [5.41, 5.74) is 1.30. The van der Waals surface area contributed by atoms with E-state index in [0.717, 1.165) is 5.69 Å².